The van der Waals surface area contributed by atoms with Gasteiger partial charge in [0.15, 0.2) is 0 Å². The predicted octanol–water partition coefficient (Wildman–Crippen LogP) is 0.308. The van der Waals surface area contributed by atoms with Gasteiger partial charge in [0.1, 0.15) is 18.1 Å². The van der Waals surface area contributed by atoms with Crippen LogP contribution in [-0.2, 0) is 24.0 Å². The smallest absolute Gasteiger partial charge is 0.414 e. The lowest BCUT2D eigenvalue weighted by Crippen LogP contribution is -2.52. The summed E-state index contributed by atoms with van der Waals surface area (Å²) in [7, 11) is 0. The number of ether oxygens (including phenoxy) is 2. The van der Waals surface area contributed by atoms with Crippen LogP contribution >= 0.6 is 0 Å². The Labute approximate surface area is 220 Å². The molecule has 14 nitrogen and oxygen atoms in total. The number of nitrogens with zero attached hydrogens (tertiary/aromatic N) is 2. The van der Waals surface area contributed by atoms with Gasteiger partial charge in [0.25, 0.3) is 0 Å². The van der Waals surface area contributed by atoms with Crippen LogP contribution in [0.5, 0.6) is 11.5 Å². The van der Waals surface area contributed by atoms with Crippen LogP contribution in [0.4, 0.5) is 0 Å². The molecule has 5 N–H and O–H groups in total. The zero-order chi connectivity index (χ0) is 29.3. The standard InChI is InChI=1S/C20H33N3O3.2C2H2O4/c1-5-25-17-6-8-18(9-7-17)26-15-14-22-10-12-23(13-11-22)16-19(24)21-20(2,3)4;2*3-1(4)2(5)6/h6-9H,5,10-16H2,1-4H3,(H,21,24);2*(H,3,4)(H,5,6). The second-order valence-electron chi connectivity index (χ2n) is 8.89. The van der Waals surface area contributed by atoms with Crippen molar-refractivity contribution in [2.45, 2.75) is 33.2 Å². The van der Waals surface area contributed by atoms with E-state index in [1.54, 1.807) is 0 Å². The number of hydrogen-bond donors (Lipinski definition) is 5. The average Bonchev–Trinajstić information content (AvgIpc) is 2.81. The van der Waals surface area contributed by atoms with Gasteiger partial charge in [0.2, 0.25) is 5.91 Å². The number of carboxylic acid groups (broad SMARTS) is 4. The van der Waals surface area contributed by atoms with Gasteiger partial charge in [0.05, 0.1) is 13.2 Å². The van der Waals surface area contributed by atoms with Crippen molar-refractivity contribution in [1.29, 1.82) is 0 Å². The van der Waals surface area contributed by atoms with Crippen molar-refractivity contribution in [2.24, 2.45) is 0 Å². The van der Waals surface area contributed by atoms with Gasteiger partial charge in [-0.3, -0.25) is 14.6 Å². The number of amides is 1. The highest BCUT2D eigenvalue weighted by Gasteiger charge is 2.21. The summed E-state index contributed by atoms with van der Waals surface area (Å²) in [5, 5.41) is 32.6. The molecule has 38 heavy (non-hydrogen) atoms. The van der Waals surface area contributed by atoms with Crippen LogP contribution in [0.3, 0.4) is 0 Å². The quantitative estimate of drug-likeness (QED) is 0.280. The fraction of sp³-hybridized carbons (Fsp3) is 0.542. The summed E-state index contributed by atoms with van der Waals surface area (Å²) in [6.07, 6.45) is 0. The fourth-order valence-corrected chi connectivity index (χ4v) is 2.92. The Hall–Kier alpha value is -3.91. The van der Waals surface area contributed by atoms with Crippen LogP contribution in [0, 0.1) is 0 Å². The summed E-state index contributed by atoms with van der Waals surface area (Å²) in [6, 6.07) is 7.74. The second-order valence-corrected chi connectivity index (χ2v) is 8.89. The summed E-state index contributed by atoms with van der Waals surface area (Å²) in [5.74, 6) is -5.46. The summed E-state index contributed by atoms with van der Waals surface area (Å²) in [4.78, 5) is 53.0. The number of nitrogens with one attached hydrogen (secondary N) is 1. The summed E-state index contributed by atoms with van der Waals surface area (Å²) in [6.45, 7) is 14.5. The molecule has 1 fully saturated rings. The topological polar surface area (TPSA) is 203 Å². The molecule has 0 saturated carbocycles. The van der Waals surface area contributed by atoms with Gasteiger partial charge < -0.3 is 35.2 Å². The van der Waals surface area contributed by atoms with Gasteiger partial charge in [-0.25, -0.2) is 19.2 Å². The van der Waals surface area contributed by atoms with Crippen LogP contribution in [0.2, 0.25) is 0 Å². The number of carbonyl (C=O) groups excluding carboxylic acids is 1. The predicted molar refractivity (Wildman–Crippen MR) is 134 cm³/mol. The van der Waals surface area contributed by atoms with Crippen molar-refractivity contribution in [3.8, 4) is 11.5 Å². The van der Waals surface area contributed by atoms with Crippen LogP contribution in [0.1, 0.15) is 27.7 Å². The highest BCUT2D eigenvalue weighted by molar-refractivity contribution is 6.27. The van der Waals surface area contributed by atoms with E-state index >= 15 is 0 Å². The lowest BCUT2D eigenvalue weighted by atomic mass is 10.1. The molecule has 2 rings (SSSR count). The minimum absolute atomic E-state index is 0.102. The first kappa shape index (κ1) is 34.1. The fourth-order valence-electron chi connectivity index (χ4n) is 2.92. The average molecular weight is 544 g/mol. The van der Waals surface area contributed by atoms with Crippen molar-refractivity contribution >= 4 is 29.8 Å². The lowest BCUT2D eigenvalue weighted by Gasteiger charge is -2.34. The van der Waals surface area contributed by atoms with E-state index in [-0.39, 0.29) is 11.4 Å². The van der Waals surface area contributed by atoms with Gasteiger partial charge in [-0.1, -0.05) is 0 Å². The van der Waals surface area contributed by atoms with Crippen LogP contribution in [0.15, 0.2) is 24.3 Å². The third-order valence-corrected chi connectivity index (χ3v) is 4.52. The van der Waals surface area contributed by atoms with Crippen LogP contribution < -0.4 is 14.8 Å². The van der Waals surface area contributed by atoms with Crippen molar-refractivity contribution in [3.05, 3.63) is 24.3 Å². The monoisotopic (exact) mass is 543 g/mol. The number of piperazine rings is 1. The maximum absolute atomic E-state index is 12.0. The lowest BCUT2D eigenvalue weighted by molar-refractivity contribution is -0.159. The van der Waals surface area contributed by atoms with E-state index in [2.05, 4.69) is 15.1 Å². The minimum Gasteiger partial charge on any atom is -0.494 e. The summed E-state index contributed by atoms with van der Waals surface area (Å²) >= 11 is 0. The molecule has 1 aliphatic heterocycles. The highest BCUT2D eigenvalue weighted by atomic mass is 16.5. The Morgan fingerprint density at radius 3 is 1.53 bits per heavy atom. The Kier molecular flexibility index (Phi) is 15.7. The molecule has 1 amide bonds. The van der Waals surface area contributed by atoms with E-state index < -0.39 is 23.9 Å². The molecule has 0 radical (unpaired) electrons. The first-order valence-electron chi connectivity index (χ1n) is 11.7. The molecular formula is C24H37N3O11. The third kappa shape index (κ3) is 17.5. The number of carbonyl (C=O) groups is 5. The molecule has 214 valence electrons. The maximum atomic E-state index is 12.0. The molecule has 14 heteroatoms. The van der Waals surface area contributed by atoms with Crippen molar-refractivity contribution in [2.75, 3.05) is 52.5 Å². The van der Waals surface area contributed by atoms with Crippen LogP contribution in [0.25, 0.3) is 0 Å². The molecule has 0 aromatic heterocycles. The minimum atomic E-state index is -1.82. The molecule has 0 aliphatic carbocycles. The van der Waals surface area contributed by atoms with Crippen LogP contribution in [-0.4, -0.2) is 118 Å². The molecule has 1 aliphatic rings. The third-order valence-electron chi connectivity index (χ3n) is 4.52. The largest absolute Gasteiger partial charge is 0.494 e. The van der Waals surface area contributed by atoms with E-state index in [9.17, 15) is 4.79 Å². The van der Waals surface area contributed by atoms with Crippen molar-refractivity contribution in [3.63, 3.8) is 0 Å². The summed E-state index contributed by atoms with van der Waals surface area (Å²) in [5.41, 5.74) is -0.170. The molecule has 0 unspecified atom stereocenters. The molecule has 0 atom stereocenters. The zero-order valence-electron chi connectivity index (χ0n) is 22.0. The molecule has 0 bridgehead atoms. The molecule has 1 aromatic carbocycles. The van der Waals surface area contributed by atoms with Gasteiger partial charge in [0, 0.05) is 38.3 Å². The maximum Gasteiger partial charge on any atom is 0.414 e. The van der Waals surface area contributed by atoms with E-state index in [0.29, 0.717) is 19.8 Å². The van der Waals surface area contributed by atoms with Crippen molar-refractivity contribution < 1.29 is 53.9 Å². The molecule has 1 saturated heterocycles. The number of rotatable bonds is 8. The Morgan fingerprint density at radius 2 is 1.16 bits per heavy atom. The Bertz CT molecular complexity index is 858. The normalized spacial score (nSPS) is 13.5. The first-order chi connectivity index (χ1) is 17.6. The molecular weight excluding hydrogens is 506 g/mol. The van der Waals surface area contributed by atoms with Gasteiger partial charge in [-0.2, -0.15) is 0 Å². The molecule has 1 aromatic rings. The molecule has 1 heterocycles. The van der Waals surface area contributed by atoms with E-state index in [1.807, 2.05) is 52.0 Å². The van der Waals surface area contributed by atoms with E-state index in [1.165, 1.54) is 0 Å². The number of benzene rings is 1. The Balaban J connectivity index is 0.000000948. The van der Waals surface area contributed by atoms with Gasteiger partial charge in [-0.15, -0.1) is 0 Å². The summed E-state index contributed by atoms with van der Waals surface area (Å²) < 4.78 is 11.2. The number of hydrogen-bond acceptors (Lipinski definition) is 9. The van der Waals surface area contributed by atoms with Gasteiger partial charge in [-0.05, 0) is 52.0 Å². The van der Waals surface area contributed by atoms with Crippen molar-refractivity contribution in [1.82, 2.24) is 15.1 Å². The number of aliphatic carboxylic acids is 4. The Morgan fingerprint density at radius 1 is 0.763 bits per heavy atom. The second kappa shape index (κ2) is 17.5. The van der Waals surface area contributed by atoms with E-state index in [0.717, 1.165) is 44.2 Å². The number of carboxylic acids is 4. The zero-order valence-corrected chi connectivity index (χ0v) is 22.0. The highest BCUT2D eigenvalue weighted by Crippen LogP contribution is 2.17. The van der Waals surface area contributed by atoms with Gasteiger partial charge >= 0.3 is 23.9 Å². The first-order valence-corrected chi connectivity index (χ1v) is 11.7. The van der Waals surface area contributed by atoms with E-state index in [4.69, 9.17) is 49.1 Å². The molecule has 0 spiro atoms. The SMILES string of the molecule is CCOc1ccc(OCCN2CCN(CC(=O)NC(C)(C)C)CC2)cc1.O=C(O)C(=O)O.O=C(O)C(=O)O.